The lowest BCUT2D eigenvalue weighted by molar-refractivity contribution is -0.384. The van der Waals surface area contributed by atoms with E-state index in [0.29, 0.717) is 11.9 Å². The second-order valence-electron chi connectivity index (χ2n) is 8.20. The monoisotopic (exact) mass is 425 g/mol. The number of aromatic nitrogens is 1. The summed E-state index contributed by atoms with van der Waals surface area (Å²) in [6, 6.07) is 10.1. The van der Waals surface area contributed by atoms with Crippen molar-refractivity contribution in [2.45, 2.75) is 58.9 Å². The summed E-state index contributed by atoms with van der Waals surface area (Å²) in [6.45, 7) is 8.65. The van der Waals surface area contributed by atoms with E-state index < -0.39 is 10.7 Å². The normalized spacial score (nSPS) is 11.4. The number of rotatable bonds is 8. The third-order valence-electron chi connectivity index (χ3n) is 5.29. The Bertz CT molecular complexity index is 1150. The maximum Gasteiger partial charge on any atom is 0.419 e. The number of nitrogens with zero attached hydrogens (tertiary/aromatic N) is 2. The topological polar surface area (TPSA) is 107 Å². The molecule has 1 aromatic heterocycles. The van der Waals surface area contributed by atoms with Gasteiger partial charge in [0.2, 0.25) is 5.91 Å². The van der Waals surface area contributed by atoms with E-state index in [1.54, 1.807) is 0 Å². The highest BCUT2D eigenvalue weighted by Crippen LogP contribution is 2.32. The number of para-hydroxylation sites is 1. The van der Waals surface area contributed by atoms with E-state index in [0.717, 1.165) is 16.8 Å². The minimum atomic E-state index is -0.594. The molecule has 0 aliphatic carbocycles. The number of fused-ring (bicyclic) bond motifs is 1. The molecule has 0 unspecified atom stereocenters. The smallest absolute Gasteiger partial charge is 0.407 e. The zero-order valence-corrected chi connectivity index (χ0v) is 18.2. The average molecular weight is 425 g/mol. The van der Waals surface area contributed by atoms with Crippen LogP contribution in [0.1, 0.15) is 63.5 Å². The maximum atomic E-state index is 12.7. The van der Waals surface area contributed by atoms with Crippen LogP contribution in [-0.2, 0) is 11.3 Å². The van der Waals surface area contributed by atoms with Crippen molar-refractivity contribution < 1.29 is 14.1 Å². The minimum Gasteiger partial charge on any atom is -0.407 e. The molecule has 164 valence electrons. The summed E-state index contributed by atoms with van der Waals surface area (Å²) in [5.41, 5.74) is 3.56. The van der Waals surface area contributed by atoms with Gasteiger partial charge >= 0.3 is 5.76 Å². The van der Waals surface area contributed by atoms with Crippen molar-refractivity contribution in [2.75, 3.05) is 5.32 Å². The van der Waals surface area contributed by atoms with Crippen LogP contribution in [0.15, 0.2) is 45.6 Å². The molecule has 3 rings (SSSR count). The van der Waals surface area contributed by atoms with Gasteiger partial charge in [0, 0.05) is 24.7 Å². The van der Waals surface area contributed by atoms with Gasteiger partial charge in [-0.3, -0.25) is 19.5 Å². The molecule has 31 heavy (non-hydrogen) atoms. The highest BCUT2D eigenvalue weighted by Gasteiger charge is 2.17. The Morgan fingerprint density at radius 3 is 2.35 bits per heavy atom. The number of carbonyl (C=O) groups is 1. The van der Waals surface area contributed by atoms with Gasteiger partial charge in [0.1, 0.15) is 0 Å². The summed E-state index contributed by atoms with van der Waals surface area (Å²) >= 11 is 0. The van der Waals surface area contributed by atoms with Crippen molar-refractivity contribution in [3.8, 4) is 0 Å². The van der Waals surface area contributed by atoms with Crippen molar-refractivity contribution in [3.63, 3.8) is 0 Å². The van der Waals surface area contributed by atoms with Gasteiger partial charge < -0.3 is 9.73 Å². The van der Waals surface area contributed by atoms with Gasteiger partial charge in [0.15, 0.2) is 5.58 Å². The Balaban J connectivity index is 1.71. The Labute approximate surface area is 180 Å². The van der Waals surface area contributed by atoms with Crippen LogP contribution < -0.4 is 11.1 Å². The Morgan fingerprint density at radius 2 is 1.77 bits per heavy atom. The molecule has 1 heterocycles. The number of amides is 1. The fourth-order valence-corrected chi connectivity index (χ4v) is 3.68. The van der Waals surface area contributed by atoms with Crippen molar-refractivity contribution in [1.29, 1.82) is 0 Å². The number of anilines is 1. The van der Waals surface area contributed by atoms with E-state index in [4.69, 9.17) is 4.42 Å². The van der Waals surface area contributed by atoms with E-state index in [1.807, 2.05) is 18.2 Å². The molecule has 1 amide bonds. The Morgan fingerprint density at radius 1 is 1.13 bits per heavy atom. The molecular formula is C23H27N3O5. The SMILES string of the molecule is CC(C)c1cccc(C(C)C)c1NC(=O)CCCn1c(=O)oc2cc([N+](=O)[O-])ccc21. The zero-order valence-electron chi connectivity index (χ0n) is 18.2. The van der Waals surface area contributed by atoms with Crippen LogP contribution in [0.2, 0.25) is 0 Å². The Kier molecular flexibility index (Phi) is 6.58. The number of non-ortho nitro benzene ring substituents is 1. The van der Waals surface area contributed by atoms with Crippen molar-refractivity contribution in [3.05, 3.63) is 68.2 Å². The number of oxazole rings is 1. The molecule has 2 aromatic carbocycles. The summed E-state index contributed by atoms with van der Waals surface area (Å²) in [4.78, 5) is 35.2. The molecule has 0 bridgehead atoms. The lowest BCUT2D eigenvalue weighted by Gasteiger charge is -2.20. The van der Waals surface area contributed by atoms with Crippen molar-refractivity contribution in [1.82, 2.24) is 4.57 Å². The van der Waals surface area contributed by atoms with Crippen LogP contribution in [0.25, 0.3) is 11.1 Å². The summed E-state index contributed by atoms with van der Waals surface area (Å²) < 4.78 is 6.53. The number of nitro groups is 1. The van der Waals surface area contributed by atoms with Crippen LogP contribution in [0.5, 0.6) is 0 Å². The van der Waals surface area contributed by atoms with E-state index in [2.05, 4.69) is 33.0 Å². The van der Waals surface area contributed by atoms with E-state index in [9.17, 15) is 19.7 Å². The first-order chi connectivity index (χ1) is 14.7. The van der Waals surface area contributed by atoms with Gasteiger partial charge in [-0.05, 0) is 35.4 Å². The molecule has 1 N–H and O–H groups in total. The lowest BCUT2D eigenvalue weighted by atomic mass is 9.92. The van der Waals surface area contributed by atoms with Gasteiger partial charge in [-0.25, -0.2) is 4.79 Å². The van der Waals surface area contributed by atoms with Crippen molar-refractivity contribution >= 4 is 28.4 Å². The second kappa shape index (κ2) is 9.16. The summed E-state index contributed by atoms with van der Waals surface area (Å²) in [5.74, 6) is -0.169. The number of benzene rings is 2. The number of hydrogen-bond donors (Lipinski definition) is 1. The first-order valence-corrected chi connectivity index (χ1v) is 10.4. The zero-order chi connectivity index (χ0) is 22.7. The molecule has 0 aliphatic rings. The lowest BCUT2D eigenvalue weighted by Crippen LogP contribution is -2.18. The van der Waals surface area contributed by atoms with Crippen LogP contribution in [-0.4, -0.2) is 15.4 Å². The van der Waals surface area contributed by atoms with Gasteiger partial charge in [-0.2, -0.15) is 0 Å². The third-order valence-corrected chi connectivity index (χ3v) is 5.29. The summed E-state index contributed by atoms with van der Waals surface area (Å²) in [5, 5.41) is 14.0. The first-order valence-electron chi connectivity index (χ1n) is 10.4. The molecule has 3 aromatic rings. The predicted molar refractivity (Wildman–Crippen MR) is 120 cm³/mol. The number of carbonyl (C=O) groups excluding carboxylic acids is 1. The van der Waals surface area contributed by atoms with E-state index >= 15 is 0 Å². The van der Waals surface area contributed by atoms with E-state index in [-0.39, 0.29) is 42.0 Å². The molecule has 0 atom stereocenters. The molecule has 0 radical (unpaired) electrons. The number of nitrogens with one attached hydrogen (secondary N) is 1. The summed E-state index contributed by atoms with van der Waals surface area (Å²) in [7, 11) is 0. The number of hydrogen-bond acceptors (Lipinski definition) is 5. The molecule has 0 aliphatic heterocycles. The fraction of sp³-hybridized carbons (Fsp3) is 0.391. The highest BCUT2D eigenvalue weighted by atomic mass is 16.6. The van der Waals surface area contributed by atoms with Crippen LogP contribution in [0.4, 0.5) is 11.4 Å². The standard InChI is InChI=1S/C23H27N3O5/c1-14(2)17-7-5-8-18(15(3)4)22(17)24-21(27)9-6-12-25-19-11-10-16(26(29)30)13-20(19)31-23(25)28/h5,7-8,10-11,13-15H,6,9,12H2,1-4H3,(H,24,27). The highest BCUT2D eigenvalue weighted by molar-refractivity contribution is 5.92. The van der Waals surface area contributed by atoms with Gasteiger partial charge in [0.05, 0.1) is 16.5 Å². The second-order valence-corrected chi connectivity index (χ2v) is 8.20. The predicted octanol–water partition coefficient (Wildman–Crippen LogP) is 5.17. The quantitative estimate of drug-likeness (QED) is 0.396. The number of nitro benzene ring substituents is 1. The molecule has 0 spiro atoms. The van der Waals surface area contributed by atoms with Crippen LogP contribution >= 0.6 is 0 Å². The Hall–Kier alpha value is -3.42. The van der Waals surface area contributed by atoms with E-state index in [1.165, 1.54) is 22.8 Å². The van der Waals surface area contributed by atoms with Crippen molar-refractivity contribution in [2.24, 2.45) is 0 Å². The van der Waals surface area contributed by atoms with Crippen LogP contribution in [0, 0.1) is 10.1 Å². The molecule has 8 heteroatoms. The summed E-state index contributed by atoms with van der Waals surface area (Å²) in [6.07, 6.45) is 0.661. The third kappa shape index (κ3) is 4.84. The molecule has 0 saturated heterocycles. The van der Waals surface area contributed by atoms with Crippen LogP contribution in [0.3, 0.4) is 0 Å². The maximum absolute atomic E-state index is 12.7. The first kappa shape index (κ1) is 22.3. The molecule has 0 fully saturated rings. The minimum absolute atomic E-state index is 0.119. The van der Waals surface area contributed by atoms with Gasteiger partial charge in [-0.15, -0.1) is 0 Å². The largest absolute Gasteiger partial charge is 0.419 e. The van der Waals surface area contributed by atoms with Gasteiger partial charge in [0.25, 0.3) is 5.69 Å². The average Bonchev–Trinajstić information content (AvgIpc) is 3.02. The molecule has 8 nitrogen and oxygen atoms in total. The number of aryl methyl sites for hydroxylation is 1. The van der Waals surface area contributed by atoms with Gasteiger partial charge in [-0.1, -0.05) is 45.9 Å². The molecule has 0 saturated carbocycles. The molecular weight excluding hydrogens is 398 g/mol. The fourth-order valence-electron chi connectivity index (χ4n) is 3.68.